The molecule has 4 rings (SSSR count). The minimum atomic E-state index is -0.816. The maximum absolute atomic E-state index is 12.7. The molecule has 0 aromatic heterocycles. The van der Waals surface area contributed by atoms with Crippen molar-refractivity contribution in [2.45, 2.75) is 5.92 Å². The number of nitrogens with zero attached hydrogens (tertiary/aromatic N) is 1. The van der Waals surface area contributed by atoms with Crippen molar-refractivity contribution in [2.24, 2.45) is 11.0 Å². The highest BCUT2D eigenvalue weighted by Crippen LogP contribution is 2.29. The van der Waals surface area contributed by atoms with Gasteiger partial charge < -0.3 is 10.1 Å². The van der Waals surface area contributed by atoms with Crippen LogP contribution >= 0.6 is 0 Å². The Bertz CT molecular complexity index is 1080. The summed E-state index contributed by atoms with van der Waals surface area (Å²) in [6.45, 7) is 0.432. The van der Waals surface area contributed by atoms with E-state index in [0.717, 1.165) is 21.9 Å². The number of carbonyl (C=O) groups excluding carboxylic acids is 2. The second-order valence-electron chi connectivity index (χ2n) is 6.88. The van der Waals surface area contributed by atoms with Gasteiger partial charge in [0.05, 0.1) is 13.3 Å². The summed E-state index contributed by atoms with van der Waals surface area (Å²) in [4.78, 5) is 25.0. The Labute approximate surface area is 168 Å². The van der Waals surface area contributed by atoms with E-state index in [0.29, 0.717) is 12.3 Å². The van der Waals surface area contributed by atoms with Gasteiger partial charge in [0, 0.05) is 18.0 Å². The number of carbonyl (C=O) groups is 2. The molecule has 3 aromatic carbocycles. The van der Waals surface area contributed by atoms with E-state index in [4.69, 9.17) is 4.74 Å². The number of fused-ring (bicyclic) bond motifs is 1. The second kappa shape index (κ2) is 8.14. The molecule has 0 radical (unpaired) electrons. The van der Waals surface area contributed by atoms with Gasteiger partial charge in [-0.05, 0) is 22.4 Å². The zero-order valence-corrected chi connectivity index (χ0v) is 16.0. The van der Waals surface area contributed by atoms with Crippen LogP contribution in [0.1, 0.15) is 17.0 Å². The number of nitrogens with one attached hydrogen (secondary N) is 2. The van der Waals surface area contributed by atoms with Crippen LogP contribution in [-0.2, 0) is 9.59 Å². The third kappa shape index (κ3) is 3.69. The smallest absolute Gasteiger partial charge is 0.253 e. The largest absolute Gasteiger partial charge is 0.496 e. The van der Waals surface area contributed by atoms with Crippen LogP contribution in [-0.4, -0.2) is 31.7 Å². The molecule has 6 nitrogen and oxygen atoms in total. The average Bonchev–Trinajstić information content (AvgIpc) is 3.15. The molecular formula is C23H21N3O3. The highest BCUT2D eigenvalue weighted by Gasteiger charge is 2.40. The summed E-state index contributed by atoms with van der Waals surface area (Å²) in [6, 6.07) is 21.3. The van der Waals surface area contributed by atoms with Crippen LogP contribution in [0.4, 0.5) is 0 Å². The van der Waals surface area contributed by atoms with Crippen LogP contribution in [0.5, 0.6) is 5.75 Å². The van der Waals surface area contributed by atoms with E-state index >= 15 is 0 Å². The first-order chi connectivity index (χ1) is 14.2. The van der Waals surface area contributed by atoms with E-state index in [-0.39, 0.29) is 11.8 Å². The molecule has 2 N–H and O–H groups in total. The zero-order valence-electron chi connectivity index (χ0n) is 16.0. The van der Waals surface area contributed by atoms with Crippen molar-refractivity contribution in [3.05, 3.63) is 77.9 Å². The predicted octanol–water partition coefficient (Wildman–Crippen LogP) is 2.83. The lowest BCUT2D eigenvalue weighted by molar-refractivity contribution is -0.133. The minimum absolute atomic E-state index is 0.217. The van der Waals surface area contributed by atoms with Gasteiger partial charge in [0.25, 0.3) is 5.91 Å². The quantitative estimate of drug-likeness (QED) is 0.401. The third-order valence-corrected chi connectivity index (χ3v) is 5.21. The molecule has 146 valence electrons. The fraction of sp³-hybridized carbons (Fsp3) is 0.174. The zero-order chi connectivity index (χ0) is 20.2. The minimum Gasteiger partial charge on any atom is -0.496 e. The molecular weight excluding hydrogens is 366 g/mol. The fourth-order valence-electron chi connectivity index (χ4n) is 3.75. The Hall–Kier alpha value is -3.67. The van der Waals surface area contributed by atoms with Crippen molar-refractivity contribution >= 4 is 28.8 Å². The Morgan fingerprint density at radius 3 is 2.66 bits per heavy atom. The summed E-state index contributed by atoms with van der Waals surface area (Å²) in [5.74, 6) is -1.09. The standard InChI is InChI=1S/C23H21N3O3/c1-29-20-12-11-16-9-5-6-10-17(16)19(20)14-25-26-23(28)21-18(13-24-22(21)27)15-7-3-2-4-8-15/h2-12,14,18,21H,13H2,1H3,(H,24,27)(H,26,28)/b25-14-/t18-,21-/m0/s1. The van der Waals surface area contributed by atoms with Crippen LogP contribution in [0.2, 0.25) is 0 Å². The van der Waals surface area contributed by atoms with Crippen LogP contribution in [0.3, 0.4) is 0 Å². The maximum Gasteiger partial charge on any atom is 0.253 e. The molecule has 1 saturated heterocycles. The second-order valence-corrected chi connectivity index (χ2v) is 6.88. The molecule has 1 aliphatic rings. The topological polar surface area (TPSA) is 79.8 Å². The number of hydrogen-bond acceptors (Lipinski definition) is 4. The van der Waals surface area contributed by atoms with E-state index in [9.17, 15) is 9.59 Å². The van der Waals surface area contributed by atoms with Crippen molar-refractivity contribution in [1.29, 1.82) is 0 Å². The van der Waals surface area contributed by atoms with E-state index in [1.807, 2.05) is 66.7 Å². The Morgan fingerprint density at radius 1 is 1.10 bits per heavy atom. The average molecular weight is 387 g/mol. The van der Waals surface area contributed by atoms with Crippen LogP contribution in [0, 0.1) is 5.92 Å². The summed E-state index contributed by atoms with van der Waals surface area (Å²) in [5, 5.41) is 8.91. The number of amides is 2. The summed E-state index contributed by atoms with van der Waals surface area (Å²) in [7, 11) is 1.59. The predicted molar refractivity (Wildman–Crippen MR) is 112 cm³/mol. The first-order valence-corrected chi connectivity index (χ1v) is 9.40. The number of hydrazone groups is 1. The summed E-state index contributed by atoms with van der Waals surface area (Å²) < 4.78 is 5.43. The van der Waals surface area contributed by atoms with Crippen molar-refractivity contribution in [2.75, 3.05) is 13.7 Å². The van der Waals surface area contributed by atoms with Crippen molar-refractivity contribution in [1.82, 2.24) is 10.7 Å². The van der Waals surface area contributed by atoms with Gasteiger partial charge in [-0.2, -0.15) is 5.10 Å². The first-order valence-electron chi connectivity index (χ1n) is 9.40. The van der Waals surface area contributed by atoms with Gasteiger partial charge in [0.1, 0.15) is 11.7 Å². The summed E-state index contributed by atoms with van der Waals surface area (Å²) in [6.07, 6.45) is 1.56. The molecule has 6 heteroatoms. The maximum atomic E-state index is 12.7. The van der Waals surface area contributed by atoms with Crippen LogP contribution in [0.15, 0.2) is 71.8 Å². The summed E-state index contributed by atoms with van der Waals surface area (Å²) >= 11 is 0. The van der Waals surface area contributed by atoms with Gasteiger partial charge in [0.2, 0.25) is 5.91 Å². The number of rotatable bonds is 5. The molecule has 1 aliphatic heterocycles. The molecule has 0 aliphatic carbocycles. The monoisotopic (exact) mass is 387 g/mol. The lowest BCUT2D eigenvalue weighted by Crippen LogP contribution is -2.34. The van der Waals surface area contributed by atoms with Crippen molar-refractivity contribution in [3.63, 3.8) is 0 Å². The highest BCUT2D eigenvalue weighted by molar-refractivity contribution is 6.05. The number of methoxy groups -OCH3 is 1. The number of hydrogen-bond donors (Lipinski definition) is 2. The van der Waals surface area contributed by atoms with Gasteiger partial charge in [-0.15, -0.1) is 0 Å². The Balaban J connectivity index is 1.56. The van der Waals surface area contributed by atoms with E-state index < -0.39 is 11.8 Å². The fourth-order valence-corrected chi connectivity index (χ4v) is 3.75. The van der Waals surface area contributed by atoms with E-state index in [2.05, 4.69) is 15.8 Å². The van der Waals surface area contributed by atoms with Gasteiger partial charge in [-0.25, -0.2) is 5.43 Å². The molecule has 2 atom stereocenters. The molecule has 1 fully saturated rings. The lowest BCUT2D eigenvalue weighted by Gasteiger charge is -2.15. The van der Waals surface area contributed by atoms with Crippen LogP contribution < -0.4 is 15.5 Å². The highest BCUT2D eigenvalue weighted by atomic mass is 16.5. The third-order valence-electron chi connectivity index (χ3n) is 5.21. The Kier molecular flexibility index (Phi) is 5.24. The number of ether oxygens (including phenoxy) is 1. The molecule has 1 heterocycles. The summed E-state index contributed by atoms with van der Waals surface area (Å²) in [5.41, 5.74) is 4.25. The molecule has 0 unspecified atom stereocenters. The van der Waals surface area contributed by atoms with Crippen LogP contribution in [0.25, 0.3) is 10.8 Å². The molecule has 29 heavy (non-hydrogen) atoms. The molecule has 2 amide bonds. The number of benzene rings is 3. The van der Waals surface area contributed by atoms with Gasteiger partial charge >= 0.3 is 0 Å². The lowest BCUT2D eigenvalue weighted by atomic mass is 9.88. The molecule has 0 spiro atoms. The first kappa shape index (κ1) is 18.7. The van der Waals surface area contributed by atoms with E-state index in [1.165, 1.54) is 0 Å². The molecule has 0 saturated carbocycles. The van der Waals surface area contributed by atoms with Gasteiger partial charge in [-0.3, -0.25) is 9.59 Å². The SMILES string of the molecule is COc1ccc2ccccc2c1/C=N\NC(=O)[C@@H]1C(=O)NC[C@H]1c1ccccc1. The Morgan fingerprint density at radius 2 is 1.86 bits per heavy atom. The normalized spacial score (nSPS) is 18.7. The van der Waals surface area contributed by atoms with Crippen molar-refractivity contribution in [3.8, 4) is 5.75 Å². The van der Waals surface area contributed by atoms with Gasteiger partial charge in [0.15, 0.2) is 0 Å². The van der Waals surface area contributed by atoms with Gasteiger partial charge in [-0.1, -0.05) is 60.7 Å². The molecule has 0 bridgehead atoms. The molecule has 3 aromatic rings. The van der Waals surface area contributed by atoms with Crippen molar-refractivity contribution < 1.29 is 14.3 Å². The van der Waals surface area contributed by atoms with E-state index in [1.54, 1.807) is 13.3 Å².